The summed E-state index contributed by atoms with van der Waals surface area (Å²) in [5.41, 5.74) is 2.37. The third kappa shape index (κ3) is 2.53. The van der Waals surface area contributed by atoms with Crippen LogP contribution in [0.25, 0.3) is 0 Å². The van der Waals surface area contributed by atoms with Gasteiger partial charge < -0.3 is 4.90 Å². The zero-order valence-corrected chi connectivity index (χ0v) is 14.0. The lowest BCUT2D eigenvalue weighted by Gasteiger charge is -2.33. The van der Waals surface area contributed by atoms with E-state index in [1.54, 1.807) is 11.0 Å². The van der Waals surface area contributed by atoms with Crippen molar-refractivity contribution in [2.75, 3.05) is 16.8 Å². The van der Waals surface area contributed by atoms with Gasteiger partial charge in [-0.05, 0) is 29.9 Å². The molecule has 1 aromatic rings. The molecule has 3 nitrogen and oxygen atoms in total. The number of para-hydroxylation sites is 1. The van der Waals surface area contributed by atoms with E-state index in [9.17, 15) is 9.59 Å². The minimum atomic E-state index is -0.399. The third-order valence-corrected chi connectivity index (χ3v) is 4.79. The summed E-state index contributed by atoms with van der Waals surface area (Å²) in [4.78, 5) is 26.0. The number of hydrogen-bond donors (Lipinski definition) is 0. The molecule has 0 aliphatic carbocycles. The fourth-order valence-corrected chi connectivity index (χ4v) is 3.66. The van der Waals surface area contributed by atoms with Crippen molar-refractivity contribution < 1.29 is 9.59 Å². The van der Waals surface area contributed by atoms with Gasteiger partial charge in [0.15, 0.2) is 0 Å². The predicted octanol–water partition coefficient (Wildman–Crippen LogP) is 3.58. The summed E-state index contributed by atoms with van der Waals surface area (Å²) in [6, 6.07) is 5.51. The lowest BCUT2D eigenvalue weighted by molar-refractivity contribution is -0.114. The molecule has 0 saturated carbocycles. The van der Waals surface area contributed by atoms with Gasteiger partial charge >= 0.3 is 0 Å². The van der Waals surface area contributed by atoms with Crippen LogP contribution in [-0.4, -0.2) is 23.6 Å². The fraction of sp³-hybridized carbons (Fsp3) is 0.500. The van der Waals surface area contributed by atoms with Crippen molar-refractivity contribution in [1.29, 1.82) is 0 Å². The molecule has 1 aliphatic rings. The molecular weight excluding hydrogens is 318 g/mol. The van der Waals surface area contributed by atoms with E-state index < -0.39 is 5.91 Å². The van der Waals surface area contributed by atoms with Gasteiger partial charge in [0.05, 0.1) is 11.3 Å². The van der Waals surface area contributed by atoms with Crippen molar-refractivity contribution in [3.05, 3.63) is 29.3 Å². The number of benzene rings is 1. The summed E-state index contributed by atoms with van der Waals surface area (Å²) in [6.07, 6.45) is 0. The maximum absolute atomic E-state index is 12.3. The first-order valence-corrected chi connectivity index (χ1v) is 7.91. The van der Waals surface area contributed by atoms with Gasteiger partial charge in [-0.15, -0.1) is 0 Å². The van der Waals surface area contributed by atoms with E-state index in [2.05, 4.69) is 36.7 Å². The zero-order chi connectivity index (χ0) is 15.1. The van der Waals surface area contributed by atoms with Crippen molar-refractivity contribution in [1.82, 2.24) is 0 Å². The third-order valence-electron chi connectivity index (χ3n) is 4.01. The Morgan fingerprint density at radius 1 is 1.25 bits per heavy atom. The Balaban J connectivity index is 2.40. The van der Waals surface area contributed by atoms with Gasteiger partial charge in [0, 0.05) is 11.9 Å². The van der Waals surface area contributed by atoms with Crippen LogP contribution in [0.15, 0.2) is 18.2 Å². The Labute approximate surface area is 128 Å². The van der Waals surface area contributed by atoms with Gasteiger partial charge in [-0.1, -0.05) is 48.8 Å². The molecule has 2 rings (SSSR count). The Morgan fingerprint density at radius 3 is 2.45 bits per heavy atom. The standard InChI is InChI=1S/C16H20BrNO2/c1-10-6-5-7-12-13(10)18(15(20)14(12)19)9-11(8-17)16(2,3)4/h5-7,11H,8-9H2,1-4H3. The van der Waals surface area contributed by atoms with Gasteiger partial charge in [0.1, 0.15) is 0 Å². The van der Waals surface area contributed by atoms with E-state index in [0.29, 0.717) is 12.1 Å². The Morgan fingerprint density at radius 2 is 1.90 bits per heavy atom. The highest BCUT2D eigenvalue weighted by Crippen LogP contribution is 2.36. The molecule has 1 atom stereocenters. The molecule has 0 spiro atoms. The normalized spacial score (nSPS) is 16.6. The first kappa shape index (κ1) is 15.2. The Hall–Kier alpha value is -1.16. The van der Waals surface area contributed by atoms with Gasteiger partial charge in [-0.2, -0.15) is 0 Å². The average Bonchev–Trinajstić information content (AvgIpc) is 2.60. The number of amides is 1. The van der Waals surface area contributed by atoms with Crippen LogP contribution < -0.4 is 4.90 Å². The number of alkyl halides is 1. The monoisotopic (exact) mass is 337 g/mol. The quantitative estimate of drug-likeness (QED) is 0.624. The largest absolute Gasteiger partial charge is 0.304 e. The number of halogens is 1. The second-order valence-electron chi connectivity index (χ2n) is 6.43. The summed E-state index contributed by atoms with van der Waals surface area (Å²) < 4.78 is 0. The number of ketones is 1. The highest BCUT2D eigenvalue weighted by Gasteiger charge is 2.39. The first-order chi connectivity index (χ1) is 9.27. The molecule has 0 aromatic heterocycles. The molecule has 1 heterocycles. The predicted molar refractivity (Wildman–Crippen MR) is 84.6 cm³/mol. The van der Waals surface area contributed by atoms with Gasteiger partial charge in [-0.3, -0.25) is 9.59 Å². The van der Waals surface area contributed by atoms with E-state index >= 15 is 0 Å². The highest BCUT2D eigenvalue weighted by atomic mass is 79.9. The molecule has 0 saturated heterocycles. The summed E-state index contributed by atoms with van der Waals surface area (Å²) in [7, 11) is 0. The minimum absolute atomic E-state index is 0.0677. The topological polar surface area (TPSA) is 37.4 Å². The van der Waals surface area contributed by atoms with Gasteiger partial charge in [-0.25, -0.2) is 0 Å². The van der Waals surface area contributed by atoms with Crippen LogP contribution >= 0.6 is 15.9 Å². The number of aryl methyl sites for hydroxylation is 1. The smallest absolute Gasteiger partial charge is 0.299 e. The van der Waals surface area contributed by atoms with Crippen LogP contribution in [-0.2, 0) is 4.79 Å². The highest BCUT2D eigenvalue weighted by molar-refractivity contribution is 9.09. The van der Waals surface area contributed by atoms with E-state index in [1.807, 2.05) is 19.1 Å². The summed E-state index contributed by atoms with van der Waals surface area (Å²) in [5.74, 6) is -0.500. The van der Waals surface area contributed by atoms with Crippen LogP contribution in [0, 0.1) is 18.3 Å². The first-order valence-electron chi connectivity index (χ1n) is 6.79. The summed E-state index contributed by atoms with van der Waals surface area (Å²) >= 11 is 3.53. The number of carbonyl (C=O) groups excluding carboxylic acids is 2. The molecule has 4 heteroatoms. The molecule has 1 amide bonds. The molecule has 0 N–H and O–H groups in total. The summed E-state index contributed by atoms with van der Waals surface area (Å²) in [6.45, 7) is 8.97. The number of fused-ring (bicyclic) bond motifs is 1. The molecule has 1 unspecified atom stereocenters. The number of Topliss-reactive ketones (excluding diaryl/α,β-unsaturated/α-hetero) is 1. The molecule has 1 aliphatic heterocycles. The van der Waals surface area contributed by atoms with Gasteiger partial charge in [0.25, 0.3) is 11.7 Å². The molecule has 0 radical (unpaired) electrons. The van der Waals surface area contributed by atoms with Crippen LogP contribution in [0.4, 0.5) is 5.69 Å². The lowest BCUT2D eigenvalue weighted by Crippen LogP contribution is -2.39. The number of hydrogen-bond acceptors (Lipinski definition) is 2. The maximum atomic E-state index is 12.3. The van der Waals surface area contributed by atoms with E-state index in [1.165, 1.54) is 0 Å². The number of carbonyl (C=O) groups is 2. The van der Waals surface area contributed by atoms with Crippen molar-refractivity contribution in [3.63, 3.8) is 0 Å². The van der Waals surface area contributed by atoms with Crippen LogP contribution in [0.5, 0.6) is 0 Å². The average molecular weight is 338 g/mol. The SMILES string of the molecule is Cc1cccc2c1N(CC(CBr)C(C)(C)C)C(=O)C2=O. The van der Waals surface area contributed by atoms with E-state index in [0.717, 1.165) is 16.6 Å². The molecule has 0 bridgehead atoms. The molecular formula is C16H20BrNO2. The lowest BCUT2D eigenvalue weighted by atomic mass is 9.81. The van der Waals surface area contributed by atoms with Crippen molar-refractivity contribution in [2.45, 2.75) is 27.7 Å². The second-order valence-corrected chi connectivity index (χ2v) is 7.08. The number of nitrogens with zero attached hydrogens (tertiary/aromatic N) is 1. The zero-order valence-electron chi connectivity index (χ0n) is 12.4. The molecule has 1 aromatic carbocycles. The van der Waals surface area contributed by atoms with Crippen LogP contribution in [0.1, 0.15) is 36.7 Å². The molecule has 20 heavy (non-hydrogen) atoms. The number of rotatable bonds is 3. The van der Waals surface area contributed by atoms with Crippen LogP contribution in [0.3, 0.4) is 0 Å². The summed E-state index contributed by atoms with van der Waals surface area (Å²) in [5, 5.41) is 0.801. The molecule has 108 valence electrons. The minimum Gasteiger partial charge on any atom is -0.304 e. The Bertz CT molecular complexity index is 560. The van der Waals surface area contributed by atoms with Crippen molar-refractivity contribution in [3.8, 4) is 0 Å². The van der Waals surface area contributed by atoms with E-state index in [-0.39, 0.29) is 17.1 Å². The van der Waals surface area contributed by atoms with Crippen molar-refractivity contribution >= 4 is 33.3 Å². The second kappa shape index (κ2) is 5.32. The van der Waals surface area contributed by atoms with Gasteiger partial charge in [0.2, 0.25) is 0 Å². The van der Waals surface area contributed by atoms with E-state index in [4.69, 9.17) is 0 Å². The fourth-order valence-electron chi connectivity index (χ4n) is 2.49. The number of anilines is 1. The van der Waals surface area contributed by atoms with Crippen LogP contribution in [0.2, 0.25) is 0 Å². The molecule has 0 fully saturated rings. The Kier molecular flexibility index (Phi) is 4.05. The maximum Gasteiger partial charge on any atom is 0.299 e. The van der Waals surface area contributed by atoms with Crippen molar-refractivity contribution in [2.24, 2.45) is 11.3 Å².